The van der Waals surface area contributed by atoms with Crippen LogP contribution in [0.1, 0.15) is 42.1 Å². The summed E-state index contributed by atoms with van der Waals surface area (Å²) in [4.78, 5) is 12.0. The summed E-state index contributed by atoms with van der Waals surface area (Å²) < 4.78 is 0. The molecule has 2 aromatic carbocycles. The van der Waals surface area contributed by atoms with Crippen molar-refractivity contribution < 1.29 is 4.79 Å². The number of amides is 1. The molecular formula is C18H20N2O. The maximum Gasteiger partial charge on any atom is 0.271 e. The van der Waals surface area contributed by atoms with E-state index < -0.39 is 0 Å². The van der Waals surface area contributed by atoms with Gasteiger partial charge in [-0.15, -0.1) is 0 Å². The molecule has 0 atom stereocenters. The third kappa shape index (κ3) is 4.56. The van der Waals surface area contributed by atoms with Crippen molar-refractivity contribution in [2.45, 2.75) is 26.2 Å². The lowest BCUT2D eigenvalue weighted by molar-refractivity contribution is 0.0955. The number of benzene rings is 2. The minimum atomic E-state index is -0.180. The molecule has 0 heterocycles. The molecule has 0 aliphatic heterocycles. The number of carbonyl (C=O) groups excluding carboxylic acids is 1. The fraction of sp³-hybridized carbons (Fsp3) is 0.222. The van der Waals surface area contributed by atoms with Crippen LogP contribution in [0.4, 0.5) is 0 Å². The molecule has 108 valence electrons. The lowest BCUT2D eigenvalue weighted by Gasteiger charge is -2.07. The van der Waals surface area contributed by atoms with Gasteiger partial charge in [-0.2, -0.15) is 5.10 Å². The van der Waals surface area contributed by atoms with Crippen LogP contribution in [-0.2, 0) is 0 Å². The van der Waals surface area contributed by atoms with E-state index in [2.05, 4.69) is 17.5 Å². The zero-order valence-corrected chi connectivity index (χ0v) is 12.3. The molecule has 0 fully saturated rings. The van der Waals surface area contributed by atoms with E-state index in [1.54, 1.807) is 12.1 Å². The van der Waals surface area contributed by atoms with Gasteiger partial charge in [-0.05, 0) is 30.5 Å². The average molecular weight is 280 g/mol. The highest BCUT2D eigenvalue weighted by Gasteiger charge is 2.06. The monoisotopic (exact) mass is 280 g/mol. The summed E-state index contributed by atoms with van der Waals surface area (Å²) in [7, 11) is 0. The van der Waals surface area contributed by atoms with Crippen LogP contribution in [0.25, 0.3) is 0 Å². The van der Waals surface area contributed by atoms with Crippen molar-refractivity contribution in [2.24, 2.45) is 5.10 Å². The minimum absolute atomic E-state index is 0.180. The van der Waals surface area contributed by atoms with E-state index in [-0.39, 0.29) is 5.91 Å². The second-order valence-corrected chi connectivity index (χ2v) is 4.84. The van der Waals surface area contributed by atoms with Crippen molar-refractivity contribution in [3.05, 3.63) is 71.8 Å². The van der Waals surface area contributed by atoms with Gasteiger partial charge in [0.05, 0.1) is 5.71 Å². The highest BCUT2D eigenvalue weighted by atomic mass is 16.2. The summed E-state index contributed by atoms with van der Waals surface area (Å²) in [6.07, 6.45) is 3.00. The Balaban J connectivity index is 2.11. The third-order valence-electron chi connectivity index (χ3n) is 3.20. The van der Waals surface area contributed by atoms with Gasteiger partial charge in [0.2, 0.25) is 0 Å². The summed E-state index contributed by atoms with van der Waals surface area (Å²) in [5, 5.41) is 4.32. The topological polar surface area (TPSA) is 41.5 Å². The van der Waals surface area contributed by atoms with Gasteiger partial charge in [0.1, 0.15) is 0 Å². The molecular weight excluding hydrogens is 260 g/mol. The second kappa shape index (κ2) is 8.00. The van der Waals surface area contributed by atoms with Gasteiger partial charge in [0.25, 0.3) is 5.91 Å². The largest absolute Gasteiger partial charge is 0.271 e. The molecule has 0 saturated carbocycles. The number of hydrogen-bond acceptors (Lipinski definition) is 2. The van der Waals surface area contributed by atoms with Crippen LogP contribution in [0.5, 0.6) is 0 Å². The Kier molecular flexibility index (Phi) is 5.71. The maximum absolute atomic E-state index is 12.0. The van der Waals surface area contributed by atoms with Gasteiger partial charge in [-0.25, -0.2) is 5.43 Å². The van der Waals surface area contributed by atoms with E-state index in [9.17, 15) is 4.79 Å². The van der Waals surface area contributed by atoms with Crippen LogP contribution in [-0.4, -0.2) is 11.6 Å². The number of rotatable bonds is 6. The lowest BCUT2D eigenvalue weighted by atomic mass is 10.1. The van der Waals surface area contributed by atoms with Gasteiger partial charge < -0.3 is 0 Å². The predicted molar refractivity (Wildman–Crippen MR) is 86.4 cm³/mol. The molecule has 0 unspecified atom stereocenters. The quantitative estimate of drug-likeness (QED) is 0.630. The Morgan fingerprint density at radius 1 is 0.952 bits per heavy atom. The van der Waals surface area contributed by atoms with E-state index in [0.717, 1.165) is 30.5 Å². The summed E-state index contributed by atoms with van der Waals surface area (Å²) in [5.74, 6) is -0.180. The number of nitrogens with one attached hydrogen (secondary N) is 1. The Morgan fingerprint density at radius 3 is 2.10 bits per heavy atom. The van der Waals surface area contributed by atoms with Gasteiger partial charge in [-0.3, -0.25) is 4.79 Å². The van der Waals surface area contributed by atoms with E-state index in [1.165, 1.54) is 0 Å². The summed E-state index contributed by atoms with van der Waals surface area (Å²) >= 11 is 0. The SMILES string of the molecule is CCCCC(=NNC(=O)c1ccccc1)c1ccccc1. The van der Waals surface area contributed by atoms with Crippen molar-refractivity contribution in [3.8, 4) is 0 Å². The van der Waals surface area contributed by atoms with E-state index in [4.69, 9.17) is 0 Å². The molecule has 0 aromatic heterocycles. The average Bonchev–Trinajstić information content (AvgIpc) is 2.56. The van der Waals surface area contributed by atoms with E-state index >= 15 is 0 Å². The van der Waals surface area contributed by atoms with Gasteiger partial charge in [0.15, 0.2) is 0 Å². The van der Waals surface area contributed by atoms with Crippen LogP contribution in [0.15, 0.2) is 65.8 Å². The normalized spacial score (nSPS) is 11.2. The number of unbranched alkanes of at least 4 members (excludes halogenated alkanes) is 1. The van der Waals surface area contributed by atoms with Crippen LogP contribution in [0.3, 0.4) is 0 Å². The number of hydrazone groups is 1. The van der Waals surface area contributed by atoms with Gasteiger partial charge >= 0.3 is 0 Å². The summed E-state index contributed by atoms with van der Waals surface area (Å²) in [6.45, 7) is 2.14. The zero-order chi connectivity index (χ0) is 14.9. The molecule has 0 bridgehead atoms. The first-order chi connectivity index (χ1) is 10.3. The standard InChI is InChI=1S/C18H20N2O/c1-2-3-14-17(15-10-6-4-7-11-15)19-20-18(21)16-12-8-5-9-13-16/h4-13H,2-3,14H2,1H3,(H,20,21). The second-order valence-electron chi connectivity index (χ2n) is 4.84. The van der Waals surface area contributed by atoms with Crippen LogP contribution in [0.2, 0.25) is 0 Å². The molecule has 21 heavy (non-hydrogen) atoms. The third-order valence-corrected chi connectivity index (χ3v) is 3.20. The first-order valence-electron chi connectivity index (χ1n) is 7.28. The molecule has 3 nitrogen and oxygen atoms in total. The van der Waals surface area contributed by atoms with Gasteiger partial charge in [0, 0.05) is 5.56 Å². The summed E-state index contributed by atoms with van der Waals surface area (Å²) in [5.41, 5.74) is 5.24. The Labute approximate surface area is 125 Å². The van der Waals surface area contributed by atoms with Crippen LogP contribution < -0.4 is 5.43 Å². The number of hydrogen-bond donors (Lipinski definition) is 1. The number of carbonyl (C=O) groups is 1. The zero-order valence-electron chi connectivity index (χ0n) is 12.3. The molecule has 0 aliphatic carbocycles. The van der Waals surface area contributed by atoms with Gasteiger partial charge in [-0.1, -0.05) is 61.9 Å². The first-order valence-corrected chi connectivity index (χ1v) is 7.28. The predicted octanol–water partition coefficient (Wildman–Crippen LogP) is 4.01. The highest BCUT2D eigenvalue weighted by Crippen LogP contribution is 2.08. The summed E-state index contributed by atoms with van der Waals surface area (Å²) in [6, 6.07) is 19.1. The maximum atomic E-state index is 12.0. The first kappa shape index (κ1) is 15.0. The Bertz CT molecular complexity index is 591. The Morgan fingerprint density at radius 2 is 1.52 bits per heavy atom. The fourth-order valence-electron chi connectivity index (χ4n) is 2.01. The van der Waals surface area contributed by atoms with Crippen molar-refractivity contribution in [3.63, 3.8) is 0 Å². The molecule has 1 N–H and O–H groups in total. The van der Waals surface area contributed by atoms with Crippen LogP contribution in [0, 0.1) is 0 Å². The van der Waals surface area contributed by atoms with Crippen molar-refractivity contribution >= 4 is 11.6 Å². The van der Waals surface area contributed by atoms with E-state index in [0.29, 0.717) is 5.56 Å². The fourth-order valence-corrected chi connectivity index (χ4v) is 2.01. The smallest absolute Gasteiger partial charge is 0.267 e. The number of nitrogens with zero attached hydrogens (tertiary/aromatic N) is 1. The Hall–Kier alpha value is -2.42. The highest BCUT2D eigenvalue weighted by molar-refractivity contribution is 6.02. The molecule has 0 saturated heterocycles. The minimum Gasteiger partial charge on any atom is -0.267 e. The van der Waals surface area contributed by atoms with Crippen LogP contribution >= 0.6 is 0 Å². The van der Waals surface area contributed by atoms with Crippen molar-refractivity contribution in [1.82, 2.24) is 5.43 Å². The molecule has 1 amide bonds. The molecule has 2 rings (SSSR count). The van der Waals surface area contributed by atoms with E-state index in [1.807, 2.05) is 48.5 Å². The molecule has 0 aliphatic rings. The molecule has 0 radical (unpaired) electrons. The van der Waals surface area contributed by atoms with Crippen molar-refractivity contribution in [1.29, 1.82) is 0 Å². The molecule has 3 heteroatoms. The lowest BCUT2D eigenvalue weighted by Crippen LogP contribution is -2.20. The van der Waals surface area contributed by atoms with Crippen molar-refractivity contribution in [2.75, 3.05) is 0 Å². The molecule has 0 spiro atoms. The molecule has 2 aromatic rings.